The smallest absolute Gasteiger partial charge is 0.204 e. The third kappa shape index (κ3) is 2.14. The molecule has 0 aliphatic rings. The molecule has 0 atom stereocenters. The molecule has 0 unspecified atom stereocenters. The number of rotatable bonds is 4. The molecule has 0 fully saturated rings. The molecule has 3 rings (SSSR count). The van der Waals surface area contributed by atoms with Crippen molar-refractivity contribution in [3.63, 3.8) is 0 Å². The van der Waals surface area contributed by atoms with E-state index in [1.165, 1.54) is 0 Å². The molecule has 0 spiro atoms. The molecule has 0 saturated heterocycles. The number of hydrogen-bond acceptors (Lipinski definition) is 4. The highest BCUT2D eigenvalue weighted by Crippen LogP contribution is 2.25. The third-order valence-electron chi connectivity index (χ3n) is 3.18. The highest BCUT2D eigenvalue weighted by molar-refractivity contribution is 5.93. The van der Waals surface area contributed by atoms with E-state index >= 15 is 0 Å². The second-order valence-corrected chi connectivity index (χ2v) is 4.51. The monoisotopic (exact) mass is 269 g/mol. The number of para-hydroxylation sites is 1. The van der Waals surface area contributed by atoms with E-state index < -0.39 is 0 Å². The van der Waals surface area contributed by atoms with Crippen LogP contribution in [0.15, 0.2) is 51.7 Å². The standard InChI is InChI=1S/C16H15NO3/c1-17-9-10-19-13-7-4-8-14-15(13)16(18)11-5-2-3-6-12(11)20-14/h2-8,17H,9-10H2,1H3. The van der Waals surface area contributed by atoms with E-state index in [1.807, 2.05) is 25.2 Å². The maximum atomic E-state index is 12.6. The molecule has 0 radical (unpaired) electrons. The zero-order chi connectivity index (χ0) is 13.9. The van der Waals surface area contributed by atoms with Crippen molar-refractivity contribution < 1.29 is 9.15 Å². The third-order valence-corrected chi connectivity index (χ3v) is 3.18. The van der Waals surface area contributed by atoms with E-state index in [1.54, 1.807) is 24.3 Å². The zero-order valence-corrected chi connectivity index (χ0v) is 11.2. The van der Waals surface area contributed by atoms with Gasteiger partial charge in [0.2, 0.25) is 5.43 Å². The van der Waals surface area contributed by atoms with Crippen LogP contribution in [0.1, 0.15) is 0 Å². The van der Waals surface area contributed by atoms with Gasteiger partial charge < -0.3 is 14.5 Å². The van der Waals surface area contributed by atoms with Gasteiger partial charge in [0.05, 0.1) is 5.39 Å². The van der Waals surface area contributed by atoms with Crippen LogP contribution in [0.4, 0.5) is 0 Å². The SMILES string of the molecule is CNCCOc1cccc2oc3ccccc3c(=O)c12. The molecule has 0 aliphatic heterocycles. The number of hydrogen-bond donors (Lipinski definition) is 1. The number of fused-ring (bicyclic) bond motifs is 2. The van der Waals surface area contributed by atoms with Crippen LogP contribution in [-0.4, -0.2) is 20.2 Å². The Kier molecular flexibility index (Phi) is 3.39. The Bertz CT molecular complexity index is 808. The van der Waals surface area contributed by atoms with Gasteiger partial charge in [-0.3, -0.25) is 4.79 Å². The number of ether oxygens (including phenoxy) is 1. The van der Waals surface area contributed by atoms with Gasteiger partial charge in [-0.05, 0) is 31.3 Å². The van der Waals surface area contributed by atoms with Crippen LogP contribution in [0, 0.1) is 0 Å². The summed E-state index contributed by atoms with van der Waals surface area (Å²) in [6.45, 7) is 1.22. The van der Waals surface area contributed by atoms with Crippen LogP contribution in [0.5, 0.6) is 5.75 Å². The maximum Gasteiger partial charge on any atom is 0.204 e. The van der Waals surface area contributed by atoms with Crippen LogP contribution in [0.3, 0.4) is 0 Å². The van der Waals surface area contributed by atoms with E-state index in [-0.39, 0.29) is 5.43 Å². The predicted octanol–water partition coefficient (Wildman–Crippen LogP) is 2.54. The van der Waals surface area contributed by atoms with Gasteiger partial charge in [-0.15, -0.1) is 0 Å². The van der Waals surface area contributed by atoms with Gasteiger partial charge >= 0.3 is 0 Å². The van der Waals surface area contributed by atoms with Gasteiger partial charge in [-0.25, -0.2) is 0 Å². The number of likely N-dealkylation sites (N-methyl/N-ethyl adjacent to an activating group) is 1. The molecule has 1 N–H and O–H groups in total. The van der Waals surface area contributed by atoms with Gasteiger partial charge in [-0.1, -0.05) is 18.2 Å². The molecule has 0 amide bonds. The molecule has 1 heterocycles. The highest BCUT2D eigenvalue weighted by Gasteiger charge is 2.11. The first-order valence-corrected chi connectivity index (χ1v) is 6.53. The summed E-state index contributed by atoms with van der Waals surface area (Å²) in [4.78, 5) is 12.6. The van der Waals surface area contributed by atoms with Gasteiger partial charge in [0.25, 0.3) is 0 Å². The van der Waals surface area contributed by atoms with Crippen molar-refractivity contribution in [1.82, 2.24) is 5.32 Å². The minimum absolute atomic E-state index is 0.0538. The van der Waals surface area contributed by atoms with Crippen molar-refractivity contribution in [1.29, 1.82) is 0 Å². The average molecular weight is 269 g/mol. The van der Waals surface area contributed by atoms with E-state index in [0.29, 0.717) is 34.3 Å². The largest absolute Gasteiger partial charge is 0.491 e. The van der Waals surface area contributed by atoms with Crippen LogP contribution in [0.2, 0.25) is 0 Å². The minimum atomic E-state index is -0.0538. The Morgan fingerprint density at radius 3 is 2.75 bits per heavy atom. The molecule has 0 bridgehead atoms. The summed E-state index contributed by atoms with van der Waals surface area (Å²) in [5.74, 6) is 0.567. The lowest BCUT2D eigenvalue weighted by atomic mass is 10.1. The summed E-state index contributed by atoms with van der Waals surface area (Å²) in [6.07, 6.45) is 0. The second kappa shape index (κ2) is 5.35. The summed E-state index contributed by atoms with van der Waals surface area (Å²) in [5.41, 5.74) is 1.09. The summed E-state index contributed by atoms with van der Waals surface area (Å²) in [5, 5.41) is 4.08. The van der Waals surface area contributed by atoms with E-state index in [9.17, 15) is 4.79 Å². The molecule has 0 aliphatic carbocycles. The molecular weight excluding hydrogens is 254 g/mol. The van der Waals surface area contributed by atoms with Crippen molar-refractivity contribution in [3.8, 4) is 5.75 Å². The first kappa shape index (κ1) is 12.7. The van der Waals surface area contributed by atoms with E-state index in [4.69, 9.17) is 9.15 Å². The summed E-state index contributed by atoms with van der Waals surface area (Å²) < 4.78 is 11.4. The molecular formula is C16H15NO3. The summed E-state index contributed by atoms with van der Waals surface area (Å²) >= 11 is 0. The Balaban J connectivity index is 2.22. The van der Waals surface area contributed by atoms with Gasteiger partial charge in [0.1, 0.15) is 28.9 Å². The molecule has 1 aromatic heterocycles. The molecule has 102 valence electrons. The minimum Gasteiger partial charge on any atom is -0.491 e. The van der Waals surface area contributed by atoms with Crippen molar-refractivity contribution >= 4 is 21.9 Å². The fourth-order valence-corrected chi connectivity index (χ4v) is 2.20. The van der Waals surface area contributed by atoms with Gasteiger partial charge in [0, 0.05) is 6.54 Å². The van der Waals surface area contributed by atoms with E-state index in [2.05, 4.69) is 5.32 Å². The fraction of sp³-hybridized carbons (Fsp3) is 0.188. The Morgan fingerprint density at radius 1 is 1.10 bits per heavy atom. The lowest BCUT2D eigenvalue weighted by Crippen LogP contribution is -2.16. The lowest BCUT2D eigenvalue weighted by molar-refractivity contribution is 0.321. The molecule has 3 aromatic rings. The highest BCUT2D eigenvalue weighted by atomic mass is 16.5. The predicted molar refractivity (Wildman–Crippen MR) is 79.4 cm³/mol. The number of benzene rings is 2. The summed E-state index contributed by atoms with van der Waals surface area (Å²) in [6, 6.07) is 12.7. The first-order chi connectivity index (χ1) is 9.81. The van der Waals surface area contributed by atoms with Crippen molar-refractivity contribution in [2.24, 2.45) is 0 Å². The Hall–Kier alpha value is -2.33. The second-order valence-electron chi connectivity index (χ2n) is 4.51. The Labute approximate surface area is 116 Å². The van der Waals surface area contributed by atoms with Crippen LogP contribution in [-0.2, 0) is 0 Å². The molecule has 4 nitrogen and oxygen atoms in total. The van der Waals surface area contributed by atoms with Crippen molar-refractivity contribution in [3.05, 3.63) is 52.7 Å². The summed E-state index contributed by atoms with van der Waals surface area (Å²) in [7, 11) is 1.86. The van der Waals surface area contributed by atoms with Gasteiger partial charge in [-0.2, -0.15) is 0 Å². The molecule has 0 saturated carbocycles. The zero-order valence-electron chi connectivity index (χ0n) is 11.2. The molecule has 20 heavy (non-hydrogen) atoms. The lowest BCUT2D eigenvalue weighted by Gasteiger charge is -2.09. The van der Waals surface area contributed by atoms with Crippen LogP contribution < -0.4 is 15.5 Å². The quantitative estimate of drug-likeness (QED) is 0.584. The van der Waals surface area contributed by atoms with Crippen molar-refractivity contribution in [2.75, 3.05) is 20.2 Å². The first-order valence-electron chi connectivity index (χ1n) is 6.53. The number of nitrogens with one attached hydrogen (secondary N) is 1. The molecule has 4 heteroatoms. The van der Waals surface area contributed by atoms with Crippen LogP contribution >= 0.6 is 0 Å². The topological polar surface area (TPSA) is 51.5 Å². The van der Waals surface area contributed by atoms with E-state index in [0.717, 1.165) is 6.54 Å². The molecule has 2 aromatic carbocycles. The van der Waals surface area contributed by atoms with Crippen LogP contribution in [0.25, 0.3) is 21.9 Å². The van der Waals surface area contributed by atoms with Crippen molar-refractivity contribution in [2.45, 2.75) is 0 Å². The van der Waals surface area contributed by atoms with Gasteiger partial charge in [0.15, 0.2) is 0 Å². The average Bonchev–Trinajstić information content (AvgIpc) is 2.48. The Morgan fingerprint density at radius 2 is 1.90 bits per heavy atom. The maximum absolute atomic E-state index is 12.6. The normalized spacial score (nSPS) is 11.1. The fourth-order valence-electron chi connectivity index (χ4n) is 2.20.